The van der Waals surface area contributed by atoms with Crippen molar-refractivity contribution in [3.8, 4) is 17.3 Å². The zero-order valence-corrected chi connectivity index (χ0v) is 20.7. The molecule has 3 aromatic heterocycles. The molecule has 174 valence electrons. The molecule has 35 heavy (non-hydrogen) atoms. The van der Waals surface area contributed by atoms with Crippen LogP contribution in [0.2, 0.25) is 0 Å². The van der Waals surface area contributed by atoms with Crippen LogP contribution in [0.25, 0.3) is 22.3 Å². The Morgan fingerprint density at radius 3 is 2.40 bits per heavy atom. The van der Waals surface area contributed by atoms with Crippen LogP contribution in [0.5, 0.6) is 0 Å². The number of pyridine rings is 2. The Bertz CT molecular complexity index is 1480. The number of fused-ring (bicyclic) bond motifs is 3. The van der Waals surface area contributed by atoms with Crippen LogP contribution in [-0.4, -0.2) is 44.2 Å². The lowest BCUT2D eigenvalue weighted by atomic mass is 9.86. The van der Waals surface area contributed by atoms with Gasteiger partial charge in [-0.1, -0.05) is 23.9 Å². The van der Waals surface area contributed by atoms with Crippen molar-refractivity contribution in [1.29, 1.82) is 5.26 Å². The highest BCUT2D eigenvalue weighted by Gasteiger charge is 2.32. The van der Waals surface area contributed by atoms with E-state index in [1.807, 2.05) is 56.5 Å². The lowest BCUT2D eigenvalue weighted by Crippen LogP contribution is -2.42. The van der Waals surface area contributed by atoms with Crippen LogP contribution < -0.4 is 4.90 Å². The fourth-order valence-electron chi connectivity index (χ4n) is 4.09. The topological polar surface area (TPSA) is 98.9 Å². The highest BCUT2D eigenvalue weighted by molar-refractivity contribution is 7.98. The number of aromatic nitrogens is 4. The van der Waals surface area contributed by atoms with Crippen LogP contribution in [0.1, 0.15) is 25.0 Å². The van der Waals surface area contributed by atoms with Crippen molar-refractivity contribution in [1.82, 2.24) is 24.8 Å². The van der Waals surface area contributed by atoms with E-state index in [0.29, 0.717) is 39.8 Å². The third kappa shape index (κ3) is 3.96. The molecule has 0 bridgehead atoms. The maximum absolute atomic E-state index is 13.4. The van der Waals surface area contributed by atoms with Gasteiger partial charge in [-0.25, -0.2) is 19.7 Å². The highest BCUT2D eigenvalue weighted by atomic mass is 32.2. The van der Waals surface area contributed by atoms with E-state index in [1.54, 1.807) is 35.4 Å². The molecular formula is C26H23N7OS. The Morgan fingerprint density at radius 1 is 1.03 bits per heavy atom. The number of nitrogens with zero attached hydrogens (tertiary/aromatic N) is 7. The quantitative estimate of drug-likeness (QED) is 0.288. The average Bonchev–Trinajstić information content (AvgIpc) is 2.89. The van der Waals surface area contributed by atoms with E-state index >= 15 is 0 Å². The number of carbonyl (C=O) groups excluding carboxylic acids is 1. The summed E-state index contributed by atoms with van der Waals surface area (Å²) < 4.78 is 0. The van der Waals surface area contributed by atoms with Crippen LogP contribution in [-0.2, 0) is 12.0 Å². The minimum Gasteiger partial charge on any atom is -0.323 e. The molecule has 4 aromatic rings. The van der Waals surface area contributed by atoms with Crippen molar-refractivity contribution in [2.75, 3.05) is 18.2 Å². The number of urea groups is 1. The number of benzene rings is 1. The number of hydrogen-bond donors (Lipinski definition) is 0. The summed E-state index contributed by atoms with van der Waals surface area (Å²) in [7, 11) is 1.77. The molecule has 0 aliphatic carbocycles. The summed E-state index contributed by atoms with van der Waals surface area (Å²) in [5.41, 5.74) is 5.40. The Balaban J connectivity index is 1.67. The third-order valence-corrected chi connectivity index (χ3v) is 6.72. The van der Waals surface area contributed by atoms with Gasteiger partial charge in [-0.3, -0.25) is 9.88 Å². The summed E-state index contributed by atoms with van der Waals surface area (Å²) in [5, 5.41) is 10.2. The molecule has 0 N–H and O–H groups in total. The predicted molar refractivity (Wildman–Crippen MR) is 136 cm³/mol. The summed E-state index contributed by atoms with van der Waals surface area (Å²) in [6.45, 7) is 4.18. The average molecular weight is 482 g/mol. The van der Waals surface area contributed by atoms with Crippen molar-refractivity contribution in [3.05, 3.63) is 66.1 Å². The molecule has 8 nitrogen and oxygen atoms in total. The van der Waals surface area contributed by atoms with Crippen LogP contribution in [0, 0.1) is 11.3 Å². The molecule has 5 rings (SSSR count). The Labute approximate surface area is 207 Å². The number of thioether (sulfide) groups is 1. The predicted octanol–water partition coefficient (Wildman–Crippen LogP) is 5.31. The second-order valence-electron chi connectivity index (χ2n) is 8.91. The van der Waals surface area contributed by atoms with E-state index in [1.165, 1.54) is 11.8 Å². The van der Waals surface area contributed by atoms with Gasteiger partial charge in [-0.2, -0.15) is 5.26 Å². The van der Waals surface area contributed by atoms with Crippen molar-refractivity contribution in [3.63, 3.8) is 0 Å². The highest BCUT2D eigenvalue weighted by Crippen LogP contribution is 2.39. The summed E-state index contributed by atoms with van der Waals surface area (Å²) in [6, 6.07) is 13.5. The molecule has 0 saturated carbocycles. The fraction of sp³-hybridized carbons (Fsp3) is 0.231. The second-order valence-corrected chi connectivity index (χ2v) is 9.69. The fourth-order valence-corrected chi connectivity index (χ4v) is 4.41. The molecule has 0 radical (unpaired) electrons. The minimum atomic E-state index is -0.625. The van der Waals surface area contributed by atoms with E-state index in [2.05, 4.69) is 21.0 Å². The summed E-state index contributed by atoms with van der Waals surface area (Å²) in [5.74, 6) is 0. The van der Waals surface area contributed by atoms with E-state index in [0.717, 1.165) is 16.7 Å². The van der Waals surface area contributed by atoms with E-state index < -0.39 is 5.41 Å². The molecule has 4 heterocycles. The summed E-state index contributed by atoms with van der Waals surface area (Å²) >= 11 is 1.48. The molecule has 0 spiro atoms. The normalized spacial score (nSPS) is 13.6. The first-order chi connectivity index (χ1) is 16.8. The van der Waals surface area contributed by atoms with E-state index in [-0.39, 0.29) is 6.03 Å². The SMILES string of the molecule is CSc1ncc(-c2ccc3ncc4c(c3n2)N(c2ccc(C(C)(C)C#N)cc2)C(=O)N(C)C4)cn1. The molecule has 0 unspecified atom stereocenters. The lowest BCUT2D eigenvalue weighted by molar-refractivity contribution is 0.213. The maximum Gasteiger partial charge on any atom is 0.329 e. The van der Waals surface area contributed by atoms with Crippen LogP contribution in [0.4, 0.5) is 16.2 Å². The molecule has 2 amide bonds. The first-order valence-corrected chi connectivity index (χ1v) is 12.3. The van der Waals surface area contributed by atoms with Gasteiger partial charge in [0.2, 0.25) is 0 Å². The van der Waals surface area contributed by atoms with Crippen molar-refractivity contribution < 1.29 is 4.79 Å². The standard InChI is InChI=1S/C26H23N7OS/c1-26(2,15-27)18-5-7-19(8-6-18)33-23-17(14-32(3)25(33)34)13-28-21-10-9-20(31-22(21)23)16-11-29-24(35-4)30-12-16/h5-13H,14H2,1-4H3. The Kier molecular flexibility index (Phi) is 5.61. The van der Waals surface area contributed by atoms with E-state index in [4.69, 9.17) is 4.98 Å². The molecule has 1 aliphatic heterocycles. The third-order valence-electron chi connectivity index (χ3n) is 6.14. The second kappa shape index (κ2) is 8.64. The van der Waals surface area contributed by atoms with E-state index in [9.17, 15) is 10.1 Å². The number of carbonyl (C=O) groups is 1. The molecule has 0 fully saturated rings. The van der Waals surface area contributed by atoms with Gasteiger partial charge in [0.1, 0.15) is 5.52 Å². The number of rotatable bonds is 4. The molecular weight excluding hydrogens is 458 g/mol. The molecule has 9 heteroatoms. The number of anilines is 2. The van der Waals surface area contributed by atoms with Crippen molar-refractivity contribution >= 4 is 40.2 Å². The smallest absolute Gasteiger partial charge is 0.323 e. The van der Waals surface area contributed by atoms with Gasteiger partial charge >= 0.3 is 6.03 Å². The molecule has 0 atom stereocenters. The zero-order chi connectivity index (χ0) is 24.7. The maximum atomic E-state index is 13.4. The number of nitriles is 1. The largest absolute Gasteiger partial charge is 0.329 e. The van der Waals surface area contributed by atoms with Crippen LogP contribution in [0.3, 0.4) is 0 Å². The van der Waals surface area contributed by atoms with Crippen LogP contribution >= 0.6 is 11.8 Å². The Morgan fingerprint density at radius 2 is 1.74 bits per heavy atom. The monoisotopic (exact) mass is 481 g/mol. The summed E-state index contributed by atoms with van der Waals surface area (Å²) in [6.07, 6.45) is 7.24. The van der Waals surface area contributed by atoms with Gasteiger partial charge in [0.25, 0.3) is 0 Å². The van der Waals surface area contributed by atoms with Crippen molar-refractivity contribution in [2.24, 2.45) is 0 Å². The number of amides is 2. The van der Waals surface area contributed by atoms with Gasteiger partial charge in [-0.05, 0) is 49.9 Å². The first-order valence-electron chi connectivity index (χ1n) is 11.0. The van der Waals surface area contributed by atoms with Gasteiger partial charge in [0, 0.05) is 36.8 Å². The molecule has 0 saturated heterocycles. The van der Waals surface area contributed by atoms with Crippen LogP contribution in [0.15, 0.2) is 60.1 Å². The number of hydrogen-bond acceptors (Lipinski definition) is 7. The van der Waals surface area contributed by atoms with Crippen molar-refractivity contribution in [2.45, 2.75) is 31.0 Å². The lowest BCUT2D eigenvalue weighted by Gasteiger charge is -2.35. The van der Waals surface area contributed by atoms with Gasteiger partial charge < -0.3 is 4.90 Å². The van der Waals surface area contributed by atoms with Gasteiger partial charge in [0.15, 0.2) is 5.16 Å². The summed E-state index contributed by atoms with van der Waals surface area (Å²) in [4.78, 5) is 35.0. The first kappa shape index (κ1) is 22.7. The minimum absolute atomic E-state index is 0.155. The Hall–Kier alpha value is -4.03. The molecule has 1 aliphatic rings. The molecule has 1 aromatic carbocycles. The van der Waals surface area contributed by atoms with Gasteiger partial charge in [-0.15, -0.1) is 0 Å². The van der Waals surface area contributed by atoms with Gasteiger partial charge in [0.05, 0.1) is 40.6 Å². The zero-order valence-electron chi connectivity index (χ0n) is 19.9.